The van der Waals surface area contributed by atoms with E-state index in [0.29, 0.717) is 0 Å². The van der Waals surface area contributed by atoms with Crippen molar-refractivity contribution < 1.29 is 4.74 Å². The van der Waals surface area contributed by atoms with E-state index in [1.54, 1.807) is 0 Å². The van der Waals surface area contributed by atoms with Crippen LogP contribution in [-0.4, -0.2) is 29.8 Å². The molecule has 2 aliphatic heterocycles. The molecule has 2 fully saturated rings. The molecule has 0 aromatic carbocycles. The predicted molar refractivity (Wildman–Crippen MR) is 41.0 cm³/mol. The Hall–Kier alpha value is 0.230. The lowest BCUT2D eigenvalue weighted by atomic mass is 10.5. The Morgan fingerprint density at radius 1 is 1.60 bits per heavy atom. The van der Waals surface area contributed by atoms with Crippen molar-refractivity contribution in [2.75, 3.05) is 25.4 Å². The first-order valence-electron chi connectivity index (χ1n) is 3.61. The summed E-state index contributed by atoms with van der Waals surface area (Å²) in [5, 5.41) is 3.20. The van der Waals surface area contributed by atoms with Gasteiger partial charge in [-0.1, -0.05) is 11.9 Å². The Morgan fingerprint density at radius 3 is 3.20 bits per heavy atom. The zero-order valence-electron chi connectivity index (χ0n) is 5.80. The topological polar surface area (TPSA) is 24.5 Å². The van der Waals surface area contributed by atoms with E-state index in [4.69, 9.17) is 4.74 Å². The van der Waals surface area contributed by atoms with Gasteiger partial charge in [0.05, 0.1) is 6.61 Å². The number of hydrogen-bond acceptors (Lipinski definition) is 4. The van der Waals surface area contributed by atoms with Crippen molar-refractivity contribution >= 4 is 11.9 Å². The molecule has 0 aromatic rings. The van der Waals surface area contributed by atoms with Gasteiger partial charge >= 0.3 is 0 Å². The molecule has 2 heterocycles. The van der Waals surface area contributed by atoms with Crippen LogP contribution in [0.2, 0.25) is 0 Å². The molecule has 57 valence electrons. The van der Waals surface area contributed by atoms with Crippen molar-refractivity contribution in [2.24, 2.45) is 0 Å². The second-order valence-corrected chi connectivity index (χ2v) is 3.48. The van der Waals surface area contributed by atoms with Gasteiger partial charge in [0.25, 0.3) is 0 Å². The lowest BCUT2D eigenvalue weighted by Gasteiger charge is -2.17. The average Bonchev–Trinajstić information content (AvgIpc) is 2.59. The molecular formula is C6H11N2OS. The molecule has 1 radical (unpaired) electrons. The molecule has 2 saturated heterocycles. The molecule has 10 heavy (non-hydrogen) atoms. The number of hydrogen-bond donors (Lipinski definition) is 1. The minimum Gasteiger partial charge on any atom is -0.340 e. The number of nitrogens with one attached hydrogen (secondary N) is 1. The normalized spacial score (nSPS) is 30.0. The van der Waals surface area contributed by atoms with Gasteiger partial charge in [0.1, 0.15) is 0 Å². The minimum absolute atomic E-state index is 0.826. The number of rotatable bonds is 1. The van der Waals surface area contributed by atoms with Gasteiger partial charge in [0, 0.05) is 18.8 Å². The molecule has 2 aliphatic rings. The van der Waals surface area contributed by atoms with Crippen LogP contribution in [0.4, 0.5) is 0 Å². The van der Waals surface area contributed by atoms with Crippen LogP contribution in [0.15, 0.2) is 0 Å². The van der Waals surface area contributed by atoms with Crippen LogP contribution < -0.4 is 5.32 Å². The highest BCUT2D eigenvalue weighted by Gasteiger charge is 2.27. The molecule has 0 spiro atoms. The summed E-state index contributed by atoms with van der Waals surface area (Å²) in [5.74, 6) is 1.23. The summed E-state index contributed by atoms with van der Waals surface area (Å²) in [6.45, 7) is 2.92. The maximum absolute atomic E-state index is 5.35. The molecule has 0 bridgehead atoms. The van der Waals surface area contributed by atoms with Crippen molar-refractivity contribution in [1.82, 2.24) is 9.62 Å². The Labute approximate surface area is 65.2 Å². The summed E-state index contributed by atoms with van der Waals surface area (Å²) in [5.41, 5.74) is 0. The highest BCUT2D eigenvalue weighted by molar-refractivity contribution is 7.97. The van der Waals surface area contributed by atoms with Crippen molar-refractivity contribution in [2.45, 2.75) is 6.42 Å². The van der Waals surface area contributed by atoms with E-state index in [1.807, 2.05) is 11.9 Å². The SMILES string of the molecule is C1CSN([C]2NCCO2)C1. The highest BCUT2D eigenvalue weighted by Crippen LogP contribution is 2.27. The van der Waals surface area contributed by atoms with Crippen molar-refractivity contribution in [3.8, 4) is 0 Å². The van der Waals surface area contributed by atoms with Gasteiger partial charge in [-0.2, -0.15) is 0 Å². The fourth-order valence-corrected chi connectivity index (χ4v) is 2.10. The third-order valence-electron chi connectivity index (χ3n) is 1.60. The average molecular weight is 159 g/mol. The van der Waals surface area contributed by atoms with Crippen molar-refractivity contribution in [1.29, 1.82) is 0 Å². The van der Waals surface area contributed by atoms with Crippen LogP contribution in [0.1, 0.15) is 6.42 Å². The van der Waals surface area contributed by atoms with Crippen molar-refractivity contribution in [3.63, 3.8) is 0 Å². The Kier molecular flexibility index (Phi) is 2.13. The zero-order valence-corrected chi connectivity index (χ0v) is 6.62. The summed E-state index contributed by atoms with van der Waals surface area (Å²) >= 11 is 1.85. The fourth-order valence-electron chi connectivity index (χ4n) is 1.12. The van der Waals surface area contributed by atoms with Gasteiger partial charge in [-0.3, -0.25) is 5.32 Å². The van der Waals surface area contributed by atoms with Crippen LogP contribution in [0.3, 0.4) is 0 Å². The van der Waals surface area contributed by atoms with Crippen LogP contribution >= 0.6 is 11.9 Å². The highest BCUT2D eigenvalue weighted by atomic mass is 32.2. The third-order valence-corrected chi connectivity index (χ3v) is 2.73. The molecule has 0 unspecified atom stereocenters. The largest absolute Gasteiger partial charge is 0.340 e. The second-order valence-electron chi connectivity index (χ2n) is 2.37. The summed E-state index contributed by atoms with van der Waals surface area (Å²) in [4.78, 5) is 0. The predicted octanol–water partition coefficient (Wildman–Crippen LogP) is 0.407. The van der Waals surface area contributed by atoms with Crippen LogP contribution in [0.25, 0.3) is 0 Å². The first kappa shape index (κ1) is 6.91. The quantitative estimate of drug-likeness (QED) is 0.560. The van der Waals surface area contributed by atoms with Gasteiger partial charge < -0.3 is 4.74 Å². The van der Waals surface area contributed by atoms with Gasteiger partial charge in [-0.05, 0) is 6.42 Å². The standard InChI is InChI=1S/C6H11N2OS/c1-3-8(10-5-1)6-7-2-4-9-6/h7H,1-5H2. The lowest BCUT2D eigenvalue weighted by Crippen LogP contribution is -2.28. The van der Waals surface area contributed by atoms with Gasteiger partial charge in [0.2, 0.25) is 6.35 Å². The Bertz CT molecular complexity index is 96.3. The summed E-state index contributed by atoms with van der Waals surface area (Å²) in [6.07, 6.45) is 2.25. The molecule has 0 aliphatic carbocycles. The van der Waals surface area contributed by atoms with Gasteiger partial charge in [0.15, 0.2) is 0 Å². The van der Waals surface area contributed by atoms with Crippen LogP contribution in [0.5, 0.6) is 0 Å². The van der Waals surface area contributed by atoms with Crippen molar-refractivity contribution in [3.05, 3.63) is 6.35 Å². The maximum Gasteiger partial charge on any atom is 0.247 e. The molecule has 4 heteroatoms. The van der Waals surface area contributed by atoms with E-state index in [0.717, 1.165) is 26.0 Å². The van der Waals surface area contributed by atoms with E-state index >= 15 is 0 Å². The molecule has 2 rings (SSSR count). The van der Waals surface area contributed by atoms with Crippen LogP contribution in [-0.2, 0) is 4.74 Å². The van der Waals surface area contributed by atoms with Crippen LogP contribution in [0, 0.1) is 6.35 Å². The fraction of sp³-hybridized carbons (Fsp3) is 0.833. The lowest BCUT2D eigenvalue weighted by molar-refractivity contribution is 0.125. The first-order valence-corrected chi connectivity index (χ1v) is 4.55. The van der Waals surface area contributed by atoms with E-state index < -0.39 is 0 Å². The zero-order chi connectivity index (χ0) is 6.81. The monoisotopic (exact) mass is 159 g/mol. The molecule has 1 N–H and O–H groups in total. The summed E-state index contributed by atoms with van der Waals surface area (Å²) < 4.78 is 7.55. The molecule has 0 saturated carbocycles. The van der Waals surface area contributed by atoms with E-state index in [-0.39, 0.29) is 0 Å². The third kappa shape index (κ3) is 1.29. The maximum atomic E-state index is 5.35. The molecular weight excluding hydrogens is 148 g/mol. The molecule has 0 amide bonds. The number of nitrogens with zero attached hydrogens (tertiary/aromatic N) is 1. The Balaban J connectivity index is 1.85. The summed E-state index contributed by atoms with van der Waals surface area (Å²) in [6, 6.07) is 0. The van der Waals surface area contributed by atoms with E-state index in [9.17, 15) is 0 Å². The molecule has 0 atom stereocenters. The minimum atomic E-state index is 0.826. The number of ether oxygens (including phenoxy) is 1. The van der Waals surface area contributed by atoms with Gasteiger partial charge in [-0.15, -0.1) is 0 Å². The first-order chi connectivity index (χ1) is 4.97. The molecule has 3 nitrogen and oxygen atoms in total. The van der Waals surface area contributed by atoms with Gasteiger partial charge in [-0.25, -0.2) is 4.31 Å². The second kappa shape index (κ2) is 3.09. The van der Waals surface area contributed by atoms with E-state index in [2.05, 4.69) is 9.62 Å². The smallest absolute Gasteiger partial charge is 0.247 e. The Morgan fingerprint density at radius 2 is 2.60 bits per heavy atom. The summed E-state index contributed by atoms with van der Waals surface area (Å²) in [7, 11) is 0. The molecule has 0 aromatic heterocycles. The van der Waals surface area contributed by atoms with E-state index in [1.165, 1.54) is 12.2 Å².